The van der Waals surface area contributed by atoms with Crippen LogP contribution in [0.3, 0.4) is 0 Å². The molecule has 110 valence electrons. The fourth-order valence-electron chi connectivity index (χ4n) is 2.77. The minimum atomic E-state index is -0.147. The van der Waals surface area contributed by atoms with Crippen molar-refractivity contribution < 1.29 is 4.79 Å². The Morgan fingerprint density at radius 3 is 2.43 bits per heavy atom. The minimum Gasteiger partial charge on any atom is -0.336 e. The molecule has 1 aromatic carbocycles. The van der Waals surface area contributed by atoms with Crippen LogP contribution in [0.1, 0.15) is 10.4 Å². The van der Waals surface area contributed by atoms with Crippen molar-refractivity contribution in [3.8, 4) is 0 Å². The monoisotopic (exact) mass is 285 g/mol. The molecule has 1 amide bonds. The Hall–Kier alpha value is -2.14. The van der Waals surface area contributed by atoms with Gasteiger partial charge in [-0.1, -0.05) is 18.2 Å². The Kier molecular flexibility index (Phi) is 3.51. The van der Waals surface area contributed by atoms with E-state index >= 15 is 0 Å². The third-order valence-electron chi connectivity index (χ3n) is 4.17. The first-order valence-corrected chi connectivity index (χ1v) is 7.14. The molecule has 2 heterocycles. The molecule has 5 heteroatoms. The van der Waals surface area contributed by atoms with Crippen LogP contribution in [0.25, 0.3) is 10.9 Å². The van der Waals surface area contributed by atoms with E-state index in [0.29, 0.717) is 18.7 Å². The molecule has 1 aliphatic heterocycles. The van der Waals surface area contributed by atoms with Gasteiger partial charge in [0.25, 0.3) is 11.5 Å². The molecule has 0 N–H and O–H groups in total. The van der Waals surface area contributed by atoms with Gasteiger partial charge in [-0.05, 0) is 13.1 Å². The van der Waals surface area contributed by atoms with Crippen molar-refractivity contribution >= 4 is 16.8 Å². The van der Waals surface area contributed by atoms with Crippen molar-refractivity contribution in [2.45, 2.75) is 0 Å². The van der Waals surface area contributed by atoms with Crippen molar-refractivity contribution in [1.82, 2.24) is 14.4 Å². The third kappa shape index (κ3) is 2.45. The van der Waals surface area contributed by atoms with Crippen LogP contribution in [0.4, 0.5) is 0 Å². The molecule has 1 saturated heterocycles. The lowest BCUT2D eigenvalue weighted by Crippen LogP contribution is -2.47. The van der Waals surface area contributed by atoms with E-state index in [-0.39, 0.29) is 11.5 Å². The van der Waals surface area contributed by atoms with Crippen molar-refractivity contribution in [3.63, 3.8) is 0 Å². The van der Waals surface area contributed by atoms with Gasteiger partial charge in [-0.15, -0.1) is 0 Å². The first kappa shape index (κ1) is 13.8. The number of carbonyl (C=O) groups excluding carboxylic acids is 1. The Morgan fingerprint density at radius 2 is 1.71 bits per heavy atom. The average Bonchev–Trinajstić information content (AvgIpc) is 2.51. The second kappa shape index (κ2) is 5.33. The second-order valence-corrected chi connectivity index (χ2v) is 5.57. The molecule has 0 aliphatic carbocycles. The smallest absolute Gasteiger partial charge is 0.254 e. The Labute approximate surface area is 123 Å². The molecule has 0 unspecified atom stereocenters. The maximum atomic E-state index is 12.7. The molecule has 2 aromatic rings. The Bertz CT molecular complexity index is 743. The van der Waals surface area contributed by atoms with E-state index < -0.39 is 0 Å². The van der Waals surface area contributed by atoms with Gasteiger partial charge >= 0.3 is 0 Å². The number of carbonyl (C=O) groups is 1. The number of hydrogen-bond donors (Lipinski definition) is 0. The van der Waals surface area contributed by atoms with Crippen molar-refractivity contribution in [2.75, 3.05) is 33.2 Å². The highest BCUT2D eigenvalue weighted by atomic mass is 16.2. The standard InChI is InChI=1S/C16H19N3O2/c1-17-7-9-19(10-8-17)16(21)13-11-15(20)18(2)14-6-4-3-5-12(13)14/h3-6,11H,7-10H2,1-2H3. The third-order valence-corrected chi connectivity index (χ3v) is 4.17. The zero-order chi connectivity index (χ0) is 15.0. The maximum absolute atomic E-state index is 12.7. The fourth-order valence-corrected chi connectivity index (χ4v) is 2.77. The number of likely N-dealkylation sites (N-methyl/N-ethyl adjacent to an activating group) is 1. The molecule has 1 aliphatic rings. The highest BCUT2D eigenvalue weighted by molar-refractivity contribution is 6.06. The number of aromatic nitrogens is 1. The SMILES string of the molecule is CN1CCN(C(=O)c2cc(=O)n(C)c3ccccc23)CC1. The molecule has 3 rings (SSSR count). The number of piperazine rings is 1. The molecule has 0 saturated carbocycles. The summed E-state index contributed by atoms with van der Waals surface area (Å²) in [5.74, 6) is -0.0444. The molecule has 0 bridgehead atoms. The summed E-state index contributed by atoms with van der Waals surface area (Å²) in [6, 6.07) is 9.01. The van der Waals surface area contributed by atoms with E-state index in [0.717, 1.165) is 24.0 Å². The van der Waals surface area contributed by atoms with E-state index in [1.165, 1.54) is 6.07 Å². The number of para-hydroxylation sites is 1. The summed E-state index contributed by atoms with van der Waals surface area (Å²) in [6.45, 7) is 3.15. The maximum Gasteiger partial charge on any atom is 0.254 e. The predicted octanol–water partition coefficient (Wildman–Crippen LogP) is 0.926. The number of pyridine rings is 1. The number of fused-ring (bicyclic) bond motifs is 1. The van der Waals surface area contributed by atoms with Crippen LogP contribution >= 0.6 is 0 Å². The molecule has 21 heavy (non-hydrogen) atoms. The van der Waals surface area contributed by atoms with Crippen molar-refractivity contribution in [2.24, 2.45) is 7.05 Å². The molecular weight excluding hydrogens is 266 g/mol. The molecule has 0 radical (unpaired) electrons. The first-order valence-electron chi connectivity index (χ1n) is 7.14. The summed E-state index contributed by atoms with van der Waals surface area (Å²) in [4.78, 5) is 28.9. The van der Waals surface area contributed by atoms with Crippen LogP contribution in [-0.2, 0) is 7.05 Å². The number of benzene rings is 1. The van der Waals surface area contributed by atoms with E-state index in [1.807, 2.05) is 29.2 Å². The Balaban J connectivity index is 2.06. The number of hydrogen-bond acceptors (Lipinski definition) is 3. The summed E-state index contributed by atoms with van der Waals surface area (Å²) < 4.78 is 1.58. The molecule has 1 fully saturated rings. The molecule has 1 aromatic heterocycles. The van der Waals surface area contributed by atoms with E-state index in [2.05, 4.69) is 11.9 Å². The van der Waals surface area contributed by atoms with Gasteiger partial charge < -0.3 is 14.4 Å². The first-order chi connectivity index (χ1) is 10.1. The molecular formula is C16H19N3O2. The van der Waals surface area contributed by atoms with Gasteiger partial charge in [0.15, 0.2) is 0 Å². The minimum absolute atomic E-state index is 0.0444. The quantitative estimate of drug-likeness (QED) is 0.783. The second-order valence-electron chi connectivity index (χ2n) is 5.57. The van der Waals surface area contributed by atoms with Crippen molar-refractivity contribution in [3.05, 3.63) is 46.2 Å². The van der Waals surface area contributed by atoms with Crippen LogP contribution in [0.15, 0.2) is 35.1 Å². The zero-order valence-corrected chi connectivity index (χ0v) is 12.4. The number of nitrogens with zero attached hydrogens (tertiary/aromatic N) is 3. The largest absolute Gasteiger partial charge is 0.336 e. The number of aryl methyl sites for hydroxylation is 1. The van der Waals surface area contributed by atoms with Crippen LogP contribution < -0.4 is 5.56 Å². The van der Waals surface area contributed by atoms with Crippen LogP contribution in [0.5, 0.6) is 0 Å². The van der Waals surface area contributed by atoms with Crippen LogP contribution in [-0.4, -0.2) is 53.5 Å². The van der Waals surface area contributed by atoms with Crippen LogP contribution in [0, 0.1) is 0 Å². The lowest BCUT2D eigenvalue weighted by Gasteiger charge is -2.32. The van der Waals surface area contributed by atoms with Crippen LogP contribution in [0.2, 0.25) is 0 Å². The van der Waals surface area contributed by atoms with E-state index in [1.54, 1.807) is 11.6 Å². The zero-order valence-electron chi connectivity index (χ0n) is 12.4. The van der Waals surface area contributed by atoms with Gasteiger partial charge in [0.1, 0.15) is 0 Å². The summed E-state index contributed by atoms with van der Waals surface area (Å²) >= 11 is 0. The summed E-state index contributed by atoms with van der Waals surface area (Å²) in [6.07, 6.45) is 0. The van der Waals surface area contributed by atoms with Gasteiger partial charge in [-0.2, -0.15) is 0 Å². The van der Waals surface area contributed by atoms with Crippen molar-refractivity contribution in [1.29, 1.82) is 0 Å². The van der Waals surface area contributed by atoms with Gasteiger partial charge in [-0.25, -0.2) is 0 Å². The predicted molar refractivity (Wildman–Crippen MR) is 82.6 cm³/mol. The van der Waals surface area contributed by atoms with Gasteiger partial charge in [0, 0.05) is 44.7 Å². The lowest BCUT2D eigenvalue weighted by molar-refractivity contribution is 0.0666. The normalized spacial score (nSPS) is 16.4. The lowest BCUT2D eigenvalue weighted by atomic mass is 10.1. The Morgan fingerprint density at radius 1 is 1.05 bits per heavy atom. The highest BCUT2D eigenvalue weighted by Gasteiger charge is 2.22. The van der Waals surface area contributed by atoms with Gasteiger partial charge in [0.2, 0.25) is 0 Å². The average molecular weight is 285 g/mol. The molecule has 0 atom stereocenters. The fraction of sp³-hybridized carbons (Fsp3) is 0.375. The van der Waals surface area contributed by atoms with Gasteiger partial charge in [-0.3, -0.25) is 9.59 Å². The number of rotatable bonds is 1. The van der Waals surface area contributed by atoms with E-state index in [9.17, 15) is 9.59 Å². The molecule has 0 spiro atoms. The topological polar surface area (TPSA) is 45.6 Å². The van der Waals surface area contributed by atoms with E-state index in [4.69, 9.17) is 0 Å². The molecule has 5 nitrogen and oxygen atoms in total. The summed E-state index contributed by atoms with van der Waals surface area (Å²) in [5.41, 5.74) is 1.16. The summed E-state index contributed by atoms with van der Waals surface area (Å²) in [7, 11) is 3.78. The van der Waals surface area contributed by atoms with Gasteiger partial charge in [0.05, 0.1) is 11.1 Å². The number of amides is 1. The summed E-state index contributed by atoms with van der Waals surface area (Å²) in [5, 5.41) is 0.837. The highest BCUT2D eigenvalue weighted by Crippen LogP contribution is 2.18.